The van der Waals surface area contributed by atoms with Crippen LogP contribution < -0.4 is 0 Å². The van der Waals surface area contributed by atoms with Crippen LogP contribution in [-0.4, -0.2) is 24.6 Å². The summed E-state index contributed by atoms with van der Waals surface area (Å²) in [6.07, 6.45) is 4.01. The van der Waals surface area contributed by atoms with Crippen LogP contribution in [0, 0.1) is 0 Å². The third-order valence-corrected chi connectivity index (χ3v) is 2.01. The molecule has 0 bridgehead atoms. The topological polar surface area (TPSA) is 52.6 Å². The second kappa shape index (κ2) is 8.95. The molecule has 0 fully saturated rings. The highest BCUT2D eigenvalue weighted by Crippen LogP contribution is 2.08. The molecular formula is C12H20O4. The minimum atomic E-state index is -0.310. The van der Waals surface area contributed by atoms with Crippen molar-refractivity contribution in [2.75, 3.05) is 6.61 Å². The van der Waals surface area contributed by atoms with Crippen LogP contribution in [0.1, 0.15) is 39.5 Å². The lowest BCUT2D eigenvalue weighted by atomic mass is 10.1. The molecule has 0 rings (SSSR count). The molecule has 0 aromatic carbocycles. The molecule has 1 atom stereocenters. The van der Waals surface area contributed by atoms with Crippen LogP contribution in [0.4, 0.5) is 0 Å². The predicted octanol–water partition coefficient (Wildman–Crippen LogP) is 2.23. The van der Waals surface area contributed by atoms with E-state index in [0.717, 1.165) is 12.8 Å². The highest BCUT2D eigenvalue weighted by molar-refractivity contribution is 5.69. The van der Waals surface area contributed by atoms with Gasteiger partial charge in [-0.25, -0.2) is 0 Å². The van der Waals surface area contributed by atoms with E-state index in [0.29, 0.717) is 19.4 Å². The Balaban J connectivity index is 3.59. The van der Waals surface area contributed by atoms with Gasteiger partial charge < -0.3 is 9.47 Å². The lowest BCUT2D eigenvalue weighted by Gasteiger charge is -2.11. The summed E-state index contributed by atoms with van der Waals surface area (Å²) in [5, 5.41) is 0. The van der Waals surface area contributed by atoms with Gasteiger partial charge in [0.1, 0.15) is 6.10 Å². The molecule has 0 N–H and O–H groups in total. The highest BCUT2D eigenvalue weighted by Gasteiger charge is 2.08. The lowest BCUT2D eigenvalue weighted by molar-refractivity contribution is -0.145. The van der Waals surface area contributed by atoms with Gasteiger partial charge in [-0.3, -0.25) is 9.59 Å². The normalized spacial score (nSPS) is 11.6. The molecule has 0 spiro atoms. The Labute approximate surface area is 96.6 Å². The number of carbonyl (C=O) groups is 2. The number of hydrogen-bond donors (Lipinski definition) is 0. The van der Waals surface area contributed by atoms with Gasteiger partial charge in [-0.05, 0) is 26.2 Å². The third kappa shape index (κ3) is 8.03. The average molecular weight is 228 g/mol. The van der Waals surface area contributed by atoms with Gasteiger partial charge in [0.2, 0.25) is 0 Å². The first-order chi connectivity index (χ1) is 7.60. The van der Waals surface area contributed by atoms with Crippen molar-refractivity contribution in [1.82, 2.24) is 0 Å². The van der Waals surface area contributed by atoms with E-state index in [1.54, 1.807) is 13.0 Å². The van der Waals surface area contributed by atoms with Gasteiger partial charge in [-0.15, -0.1) is 0 Å². The van der Waals surface area contributed by atoms with Crippen LogP contribution in [0.15, 0.2) is 12.7 Å². The molecule has 0 heterocycles. The van der Waals surface area contributed by atoms with E-state index >= 15 is 0 Å². The number of esters is 2. The van der Waals surface area contributed by atoms with Crippen molar-refractivity contribution in [3.8, 4) is 0 Å². The summed E-state index contributed by atoms with van der Waals surface area (Å²) in [6, 6.07) is 0. The van der Waals surface area contributed by atoms with Crippen LogP contribution in [0.25, 0.3) is 0 Å². The first-order valence-corrected chi connectivity index (χ1v) is 5.55. The maximum Gasteiger partial charge on any atom is 0.305 e. The Hall–Kier alpha value is -1.32. The van der Waals surface area contributed by atoms with Gasteiger partial charge in [0.25, 0.3) is 0 Å². The van der Waals surface area contributed by atoms with Crippen molar-refractivity contribution >= 4 is 11.9 Å². The third-order valence-electron chi connectivity index (χ3n) is 2.01. The van der Waals surface area contributed by atoms with Crippen LogP contribution >= 0.6 is 0 Å². The fourth-order valence-corrected chi connectivity index (χ4v) is 1.29. The van der Waals surface area contributed by atoms with E-state index in [1.807, 2.05) is 0 Å². The molecule has 1 unspecified atom stereocenters. The van der Waals surface area contributed by atoms with Gasteiger partial charge in [0.05, 0.1) is 6.61 Å². The van der Waals surface area contributed by atoms with E-state index in [-0.39, 0.29) is 18.0 Å². The lowest BCUT2D eigenvalue weighted by Crippen LogP contribution is -2.13. The molecule has 0 saturated carbocycles. The summed E-state index contributed by atoms with van der Waals surface area (Å²) < 4.78 is 9.78. The van der Waals surface area contributed by atoms with Crippen LogP contribution in [0.3, 0.4) is 0 Å². The molecular weight excluding hydrogens is 208 g/mol. The summed E-state index contributed by atoms with van der Waals surface area (Å²) in [5.41, 5.74) is 0. The van der Waals surface area contributed by atoms with Crippen molar-refractivity contribution in [2.24, 2.45) is 0 Å². The first kappa shape index (κ1) is 14.7. The number of hydrogen-bond acceptors (Lipinski definition) is 4. The Morgan fingerprint density at radius 2 is 2.06 bits per heavy atom. The van der Waals surface area contributed by atoms with Gasteiger partial charge in [-0.1, -0.05) is 12.7 Å². The van der Waals surface area contributed by atoms with Crippen molar-refractivity contribution in [2.45, 2.75) is 45.6 Å². The Morgan fingerprint density at radius 1 is 1.38 bits per heavy atom. The van der Waals surface area contributed by atoms with E-state index in [1.165, 1.54) is 6.92 Å². The molecule has 0 aliphatic carbocycles. The largest absolute Gasteiger partial charge is 0.466 e. The Morgan fingerprint density at radius 3 is 2.56 bits per heavy atom. The molecule has 0 amide bonds. The monoisotopic (exact) mass is 228 g/mol. The van der Waals surface area contributed by atoms with E-state index in [4.69, 9.17) is 9.47 Å². The van der Waals surface area contributed by atoms with E-state index < -0.39 is 0 Å². The summed E-state index contributed by atoms with van der Waals surface area (Å²) in [7, 11) is 0. The SMILES string of the molecule is C=CC(CCCCC(=O)OCC)OC(C)=O. The Kier molecular flexibility index (Phi) is 8.21. The molecule has 0 saturated heterocycles. The molecule has 0 aliphatic heterocycles. The molecule has 4 nitrogen and oxygen atoms in total. The fourth-order valence-electron chi connectivity index (χ4n) is 1.29. The maximum absolute atomic E-state index is 11.0. The van der Waals surface area contributed by atoms with E-state index in [2.05, 4.69) is 6.58 Å². The summed E-state index contributed by atoms with van der Waals surface area (Å²) in [5.74, 6) is -0.486. The smallest absolute Gasteiger partial charge is 0.305 e. The summed E-state index contributed by atoms with van der Waals surface area (Å²) in [6.45, 7) is 7.16. The highest BCUT2D eigenvalue weighted by atomic mass is 16.5. The maximum atomic E-state index is 11.0. The van der Waals surface area contributed by atoms with Crippen molar-refractivity contribution < 1.29 is 19.1 Å². The second-order valence-corrected chi connectivity index (χ2v) is 3.43. The number of unbranched alkanes of at least 4 members (excludes halogenated alkanes) is 1. The zero-order valence-corrected chi connectivity index (χ0v) is 10.0. The molecule has 0 aliphatic rings. The van der Waals surface area contributed by atoms with Gasteiger partial charge >= 0.3 is 11.9 Å². The fraction of sp³-hybridized carbons (Fsp3) is 0.667. The predicted molar refractivity (Wildman–Crippen MR) is 60.9 cm³/mol. The van der Waals surface area contributed by atoms with Crippen LogP contribution in [0.5, 0.6) is 0 Å². The van der Waals surface area contributed by atoms with Gasteiger partial charge in [0, 0.05) is 13.3 Å². The van der Waals surface area contributed by atoms with Crippen molar-refractivity contribution in [3.63, 3.8) is 0 Å². The number of ether oxygens (including phenoxy) is 2. The minimum absolute atomic E-state index is 0.176. The molecule has 0 radical (unpaired) electrons. The van der Waals surface area contributed by atoms with Gasteiger partial charge in [-0.2, -0.15) is 0 Å². The van der Waals surface area contributed by atoms with Crippen LogP contribution in [0.2, 0.25) is 0 Å². The minimum Gasteiger partial charge on any atom is -0.466 e. The number of carbonyl (C=O) groups excluding carboxylic acids is 2. The first-order valence-electron chi connectivity index (χ1n) is 5.55. The summed E-state index contributed by atoms with van der Waals surface area (Å²) >= 11 is 0. The zero-order valence-electron chi connectivity index (χ0n) is 10.0. The standard InChI is InChI=1S/C12H20O4/c1-4-11(16-10(3)13)8-6-7-9-12(14)15-5-2/h4,11H,1,5-9H2,2-3H3. The number of rotatable bonds is 8. The molecule has 16 heavy (non-hydrogen) atoms. The quantitative estimate of drug-likeness (QED) is 0.363. The summed E-state index contributed by atoms with van der Waals surface area (Å²) in [4.78, 5) is 21.7. The average Bonchev–Trinajstić information content (AvgIpc) is 2.22. The molecule has 4 heteroatoms. The zero-order chi connectivity index (χ0) is 12.4. The molecule has 0 aromatic rings. The molecule has 0 aromatic heterocycles. The van der Waals surface area contributed by atoms with Gasteiger partial charge in [0.15, 0.2) is 0 Å². The van der Waals surface area contributed by atoms with Crippen LogP contribution in [-0.2, 0) is 19.1 Å². The van der Waals surface area contributed by atoms with Crippen molar-refractivity contribution in [1.29, 1.82) is 0 Å². The molecule has 92 valence electrons. The second-order valence-electron chi connectivity index (χ2n) is 3.43. The van der Waals surface area contributed by atoms with E-state index in [9.17, 15) is 9.59 Å². The van der Waals surface area contributed by atoms with Crippen molar-refractivity contribution in [3.05, 3.63) is 12.7 Å². The Bertz CT molecular complexity index is 235.